The Bertz CT molecular complexity index is 898. The highest BCUT2D eigenvalue weighted by atomic mass is 16.2. The summed E-state index contributed by atoms with van der Waals surface area (Å²) in [4.78, 5) is 38.6. The molecule has 3 fully saturated rings. The van der Waals surface area contributed by atoms with Crippen LogP contribution < -0.4 is 16.0 Å². The third-order valence-corrected chi connectivity index (χ3v) is 8.22. The summed E-state index contributed by atoms with van der Waals surface area (Å²) in [5.74, 6) is 0.0142. The topological polar surface area (TPSA) is 90.5 Å². The highest BCUT2D eigenvalue weighted by Crippen LogP contribution is 2.44. The number of rotatable bonds is 5. The molecule has 7 heteroatoms. The highest BCUT2D eigenvalue weighted by molar-refractivity contribution is 6.05. The van der Waals surface area contributed by atoms with Gasteiger partial charge in [0.2, 0.25) is 11.8 Å². The number of piperidine rings is 2. The molecule has 1 unspecified atom stereocenters. The fraction of sp³-hybridized carbons (Fsp3) is 0.640. The Hall–Kier alpha value is -2.25. The number of benzene rings is 1. The lowest BCUT2D eigenvalue weighted by Crippen LogP contribution is -2.52. The zero-order valence-electron chi connectivity index (χ0n) is 18.8. The van der Waals surface area contributed by atoms with Crippen molar-refractivity contribution in [2.45, 2.75) is 70.5 Å². The van der Waals surface area contributed by atoms with Gasteiger partial charge in [-0.1, -0.05) is 18.2 Å². The van der Waals surface area contributed by atoms with E-state index in [1.165, 1.54) is 51.6 Å². The second-order valence-corrected chi connectivity index (χ2v) is 10.2. The van der Waals surface area contributed by atoms with Gasteiger partial charge in [-0.15, -0.1) is 0 Å². The number of imide groups is 1. The first kappa shape index (κ1) is 21.6. The van der Waals surface area contributed by atoms with E-state index in [1.807, 2.05) is 18.2 Å². The summed E-state index contributed by atoms with van der Waals surface area (Å²) >= 11 is 0. The molecule has 0 bridgehead atoms. The molecular weight excluding hydrogens is 404 g/mol. The normalized spacial score (nSPS) is 25.8. The standard InChI is InChI=1S/C25H34N4O3/c30-21-5-4-20(23(31)28-21)29-16-19-3-1-2-18(22(19)24(29)32)15-27-14-17-6-8-25(9-7-17)10-12-26-13-11-25/h1-3,17,20,26-27H,4-16H2,(H,28,30,31). The summed E-state index contributed by atoms with van der Waals surface area (Å²) in [6, 6.07) is 5.43. The molecule has 32 heavy (non-hydrogen) atoms. The van der Waals surface area contributed by atoms with Crippen molar-refractivity contribution >= 4 is 17.7 Å². The van der Waals surface area contributed by atoms with Gasteiger partial charge in [0.05, 0.1) is 0 Å². The van der Waals surface area contributed by atoms with Crippen molar-refractivity contribution in [3.63, 3.8) is 0 Å². The van der Waals surface area contributed by atoms with E-state index in [4.69, 9.17) is 0 Å². The van der Waals surface area contributed by atoms with Crippen LogP contribution >= 0.6 is 0 Å². The Morgan fingerprint density at radius 2 is 1.81 bits per heavy atom. The third kappa shape index (κ3) is 4.20. The SMILES string of the molecule is O=C1CCC(N2Cc3cccc(CNCC4CCC5(CCNCC5)CC4)c3C2=O)C(=O)N1. The van der Waals surface area contributed by atoms with Crippen molar-refractivity contribution in [2.75, 3.05) is 19.6 Å². The molecule has 0 aromatic heterocycles. The Morgan fingerprint density at radius 1 is 1.03 bits per heavy atom. The van der Waals surface area contributed by atoms with E-state index in [1.54, 1.807) is 4.90 Å². The number of nitrogens with zero attached hydrogens (tertiary/aromatic N) is 1. The lowest BCUT2D eigenvalue weighted by molar-refractivity contribution is -0.136. The zero-order valence-corrected chi connectivity index (χ0v) is 18.8. The average molecular weight is 439 g/mol. The maximum atomic E-state index is 13.2. The van der Waals surface area contributed by atoms with E-state index < -0.39 is 6.04 Å². The first-order valence-corrected chi connectivity index (χ1v) is 12.2. The molecule has 4 aliphatic rings. The quantitative estimate of drug-likeness (QED) is 0.613. The summed E-state index contributed by atoms with van der Waals surface area (Å²) in [5, 5.41) is 9.48. The molecule has 1 aromatic carbocycles. The van der Waals surface area contributed by atoms with Gasteiger partial charge in [-0.25, -0.2) is 0 Å². The molecule has 1 aliphatic carbocycles. The van der Waals surface area contributed by atoms with Crippen molar-refractivity contribution in [3.05, 3.63) is 34.9 Å². The van der Waals surface area contributed by atoms with Crippen LogP contribution in [0.4, 0.5) is 0 Å². The van der Waals surface area contributed by atoms with Crippen LogP contribution in [0.5, 0.6) is 0 Å². The molecule has 5 rings (SSSR count). The number of carbonyl (C=O) groups is 3. The summed E-state index contributed by atoms with van der Waals surface area (Å²) in [6.07, 6.45) is 8.62. The summed E-state index contributed by atoms with van der Waals surface area (Å²) in [7, 11) is 0. The molecule has 2 saturated heterocycles. The van der Waals surface area contributed by atoms with Crippen molar-refractivity contribution < 1.29 is 14.4 Å². The number of carbonyl (C=O) groups excluding carboxylic acids is 3. The van der Waals surface area contributed by atoms with Gasteiger partial charge in [0, 0.05) is 25.1 Å². The molecule has 0 radical (unpaired) electrons. The van der Waals surface area contributed by atoms with E-state index in [9.17, 15) is 14.4 Å². The first-order valence-electron chi connectivity index (χ1n) is 12.2. The number of nitrogens with one attached hydrogen (secondary N) is 3. The molecule has 3 aliphatic heterocycles. The van der Waals surface area contributed by atoms with Crippen LogP contribution in [0.15, 0.2) is 18.2 Å². The van der Waals surface area contributed by atoms with Gasteiger partial charge in [-0.05, 0) is 87.0 Å². The molecule has 3 amide bonds. The Kier molecular flexibility index (Phi) is 6.03. The van der Waals surface area contributed by atoms with E-state index in [-0.39, 0.29) is 24.1 Å². The van der Waals surface area contributed by atoms with Crippen molar-refractivity contribution in [2.24, 2.45) is 11.3 Å². The predicted molar refractivity (Wildman–Crippen MR) is 121 cm³/mol. The van der Waals surface area contributed by atoms with E-state index in [0.29, 0.717) is 30.8 Å². The minimum absolute atomic E-state index is 0.0857. The second kappa shape index (κ2) is 8.94. The summed E-state index contributed by atoms with van der Waals surface area (Å²) in [6.45, 7) is 4.44. The monoisotopic (exact) mass is 438 g/mol. The molecule has 172 valence electrons. The lowest BCUT2D eigenvalue weighted by Gasteiger charge is -2.43. The van der Waals surface area contributed by atoms with Crippen LogP contribution in [-0.4, -0.2) is 48.3 Å². The van der Waals surface area contributed by atoms with Crippen LogP contribution in [0.1, 0.15) is 72.9 Å². The number of hydrogen-bond acceptors (Lipinski definition) is 5. The predicted octanol–water partition coefficient (Wildman–Crippen LogP) is 2.10. The van der Waals surface area contributed by atoms with Crippen LogP contribution in [0, 0.1) is 11.3 Å². The molecular formula is C25H34N4O3. The molecule has 1 saturated carbocycles. The zero-order chi connectivity index (χ0) is 22.1. The van der Waals surface area contributed by atoms with Gasteiger partial charge in [-0.2, -0.15) is 0 Å². The molecule has 1 aromatic rings. The molecule has 1 spiro atoms. The van der Waals surface area contributed by atoms with Gasteiger partial charge in [0.25, 0.3) is 5.91 Å². The Labute approximate surface area is 189 Å². The van der Waals surface area contributed by atoms with Crippen molar-refractivity contribution in [3.8, 4) is 0 Å². The molecule has 3 N–H and O–H groups in total. The van der Waals surface area contributed by atoms with Crippen LogP contribution in [0.25, 0.3) is 0 Å². The van der Waals surface area contributed by atoms with Crippen LogP contribution in [0.2, 0.25) is 0 Å². The van der Waals surface area contributed by atoms with Crippen LogP contribution in [-0.2, 0) is 22.7 Å². The first-order chi connectivity index (χ1) is 15.5. The lowest BCUT2D eigenvalue weighted by atomic mass is 9.66. The minimum Gasteiger partial charge on any atom is -0.322 e. The second-order valence-electron chi connectivity index (χ2n) is 10.2. The van der Waals surface area contributed by atoms with Crippen LogP contribution in [0.3, 0.4) is 0 Å². The smallest absolute Gasteiger partial charge is 0.255 e. The summed E-state index contributed by atoms with van der Waals surface area (Å²) < 4.78 is 0. The van der Waals surface area contributed by atoms with E-state index >= 15 is 0 Å². The maximum Gasteiger partial charge on any atom is 0.255 e. The fourth-order valence-corrected chi connectivity index (χ4v) is 6.20. The Morgan fingerprint density at radius 3 is 2.56 bits per heavy atom. The third-order valence-electron chi connectivity index (χ3n) is 8.22. The fourth-order valence-electron chi connectivity index (χ4n) is 6.20. The Balaban J connectivity index is 1.17. The number of fused-ring (bicyclic) bond motifs is 1. The van der Waals surface area contributed by atoms with Crippen molar-refractivity contribution in [1.82, 2.24) is 20.9 Å². The van der Waals surface area contributed by atoms with Gasteiger partial charge in [0.15, 0.2) is 0 Å². The van der Waals surface area contributed by atoms with Gasteiger partial charge in [-0.3, -0.25) is 19.7 Å². The maximum absolute atomic E-state index is 13.2. The molecule has 3 heterocycles. The van der Waals surface area contributed by atoms with Gasteiger partial charge < -0.3 is 15.5 Å². The minimum atomic E-state index is -0.557. The van der Waals surface area contributed by atoms with Gasteiger partial charge >= 0.3 is 0 Å². The number of hydrogen-bond donors (Lipinski definition) is 3. The highest BCUT2D eigenvalue weighted by Gasteiger charge is 2.40. The molecule has 7 nitrogen and oxygen atoms in total. The largest absolute Gasteiger partial charge is 0.322 e. The van der Waals surface area contributed by atoms with Crippen molar-refractivity contribution in [1.29, 1.82) is 0 Å². The summed E-state index contributed by atoms with van der Waals surface area (Å²) in [5.41, 5.74) is 3.31. The molecule has 1 atom stereocenters. The van der Waals surface area contributed by atoms with E-state index in [2.05, 4.69) is 16.0 Å². The van der Waals surface area contributed by atoms with Gasteiger partial charge in [0.1, 0.15) is 6.04 Å². The number of amides is 3. The average Bonchev–Trinajstić information content (AvgIpc) is 3.13. The van der Waals surface area contributed by atoms with E-state index in [0.717, 1.165) is 23.2 Å².